The van der Waals surface area contributed by atoms with E-state index < -0.39 is 24.3 Å². The zero-order chi connectivity index (χ0) is 64.0. The van der Waals surface area contributed by atoms with Crippen LogP contribution in [0, 0.1) is 0 Å². The molecule has 0 aromatic carbocycles. The van der Waals surface area contributed by atoms with Crippen LogP contribution >= 0.6 is 0 Å². The lowest BCUT2D eigenvalue weighted by Gasteiger charge is -2.26. The predicted octanol–water partition coefficient (Wildman–Crippen LogP) is 23.7. The number of aliphatic carboxylic acids is 1. The van der Waals surface area contributed by atoms with Crippen LogP contribution < -0.4 is 5.11 Å². The molecule has 9 heteroatoms. The molecular formula is C79H155NO8. The zero-order valence-corrected chi connectivity index (χ0v) is 60.2. The number of carboxylic acid groups (broad SMARTS) is 1. The van der Waals surface area contributed by atoms with Gasteiger partial charge in [0.15, 0.2) is 12.4 Å². The maximum absolute atomic E-state index is 13.0. The minimum Gasteiger partial charge on any atom is -0.545 e. The fraction of sp³-hybridized carbons (Fsp3) is 0.962. The molecule has 524 valence electrons. The molecule has 0 amide bonds. The second kappa shape index (κ2) is 71.1. The van der Waals surface area contributed by atoms with Gasteiger partial charge in [0, 0.05) is 12.8 Å². The number of hydrogen-bond acceptors (Lipinski definition) is 8. The summed E-state index contributed by atoms with van der Waals surface area (Å²) in [5.74, 6) is -2.24. The van der Waals surface area contributed by atoms with Gasteiger partial charge in [-0.3, -0.25) is 9.59 Å². The van der Waals surface area contributed by atoms with Gasteiger partial charge in [-0.2, -0.15) is 0 Å². The van der Waals surface area contributed by atoms with Gasteiger partial charge in [0.2, 0.25) is 0 Å². The van der Waals surface area contributed by atoms with Crippen molar-refractivity contribution in [2.45, 2.75) is 444 Å². The maximum Gasteiger partial charge on any atom is 0.306 e. The average Bonchev–Trinajstić information content (AvgIpc) is 3.54. The van der Waals surface area contributed by atoms with Gasteiger partial charge in [0.25, 0.3) is 0 Å². The second-order valence-electron chi connectivity index (χ2n) is 28.7. The highest BCUT2D eigenvalue weighted by Gasteiger charge is 2.22. The molecule has 0 rings (SSSR count). The standard InChI is InChI=1S/C79H155NO8/c1-6-8-10-12-14-16-18-20-22-24-26-28-30-31-32-33-34-35-36-37-38-39-40-41-42-43-44-45-46-48-50-52-54-56-58-60-62-64-66-68-70-77(82)88-75(74-87-79(78(83)84)85-72-71-80(3,4)5)73-86-76(81)69-67-65-63-61-59-57-55-53-51-49-47-29-27-25-23-21-19-17-15-13-11-9-7-2/h75,79H,6-74H2,1-5H3. The molecule has 0 fully saturated rings. The topological polar surface area (TPSA) is 111 Å². The van der Waals surface area contributed by atoms with Crippen LogP contribution in [0.4, 0.5) is 0 Å². The Labute approximate surface area is 549 Å². The molecule has 9 nitrogen and oxygen atoms in total. The van der Waals surface area contributed by atoms with E-state index in [0.717, 1.165) is 38.5 Å². The van der Waals surface area contributed by atoms with Crippen LogP contribution in [0.15, 0.2) is 0 Å². The van der Waals surface area contributed by atoms with E-state index in [1.54, 1.807) is 0 Å². The first-order valence-corrected chi connectivity index (χ1v) is 39.7. The summed E-state index contributed by atoms with van der Waals surface area (Å²) < 4.78 is 22.9. The molecule has 2 atom stereocenters. The first kappa shape index (κ1) is 86.3. The summed E-state index contributed by atoms with van der Waals surface area (Å²) in [4.78, 5) is 37.5. The monoisotopic (exact) mass is 1250 g/mol. The van der Waals surface area contributed by atoms with Crippen LogP contribution in [0.25, 0.3) is 0 Å². The first-order chi connectivity index (χ1) is 43.1. The highest BCUT2D eigenvalue weighted by molar-refractivity contribution is 5.70. The summed E-state index contributed by atoms with van der Waals surface area (Å²) in [5.41, 5.74) is 0. The highest BCUT2D eigenvalue weighted by atomic mass is 16.7. The molecule has 0 bridgehead atoms. The van der Waals surface area contributed by atoms with Crippen molar-refractivity contribution in [2.24, 2.45) is 0 Å². The van der Waals surface area contributed by atoms with Gasteiger partial charge in [0.1, 0.15) is 13.2 Å². The highest BCUT2D eigenvalue weighted by Crippen LogP contribution is 2.21. The summed E-state index contributed by atoms with van der Waals surface area (Å²) in [5, 5.41) is 11.8. The fourth-order valence-corrected chi connectivity index (χ4v) is 12.5. The molecule has 88 heavy (non-hydrogen) atoms. The summed E-state index contributed by atoms with van der Waals surface area (Å²) in [7, 11) is 5.95. The average molecular weight is 1250 g/mol. The predicted molar refractivity (Wildman–Crippen MR) is 376 cm³/mol. The number of likely N-dealkylation sites (N-methyl/N-ethyl adjacent to an activating group) is 1. The third-order valence-electron chi connectivity index (χ3n) is 18.6. The summed E-state index contributed by atoms with van der Waals surface area (Å²) in [6, 6.07) is 0. The Balaban J connectivity index is 3.90. The van der Waals surface area contributed by atoms with Gasteiger partial charge in [0.05, 0.1) is 40.3 Å². The number of carboxylic acids is 1. The SMILES string of the molecule is CCCCCCCCCCCCCCCCCCCCCCCCCCCCCCCCCCCCCCCCCCC(=O)OC(COC(=O)CCCCCCCCCCCCCCCCCCCCCCCCC)COC(OCC[N+](C)(C)C)C(=O)[O-]. The zero-order valence-electron chi connectivity index (χ0n) is 60.2. The van der Waals surface area contributed by atoms with Crippen molar-refractivity contribution in [2.75, 3.05) is 47.5 Å². The van der Waals surface area contributed by atoms with Crippen LogP contribution in [-0.2, 0) is 33.3 Å². The molecule has 0 N–H and O–H groups in total. The Hall–Kier alpha value is -1.71. The van der Waals surface area contributed by atoms with Crippen LogP contribution in [0.1, 0.15) is 431 Å². The van der Waals surface area contributed by atoms with Gasteiger partial charge in [-0.25, -0.2) is 0 Å². The Morgan fingerprint density at radius 2 is 0.511 bits per heavy atom. The normalized spacial score (nSPS) is 12.5. The Morgan fingerprint density at radius 1 is 0.295 bits per heavy atom. The van der Waals surface area contributed by atoms with E-state index in [-0.39, 0.29) is 32.2 Å². The number of esters is 2. The maximum atomic E-state index is 13.0. The number of nitrogens with zero attached hydrogens (tertiary/aromatic N) is 1. The number of carbonyl (C=O) groups excluding carboxylic acids is 3. The van der Waals surface area contributed by atoms with E-state index in [0.29, 0.717) is 17.4 Å². The Kier molecular flexibility index (Phi) is 69.8. The van der Waals surface area contributed by atoms with Crippen molar-refractivity contribution in [1.29, 1.82) is 0 Å². The van der Waals surface area contributed by atoms with Crippen molar-refractivity contribution in [3.63, 3.8) is 0 Å². The molecule has 0 aliphatic carbocycles. The molecule has 0 aliphatic rings. The molecule has 0 spiro atoms. The molecule has 0 heterocycles. The van der Waals surface area contributed by atoms with Gasteiger partial charge in [-0.15, -0.1) is 0 Å². The molecule has 0 radical (unpaired) electrons. The molecule has 0 saturated heterocycles. The summed E-state index contributed by atoms with van der Waals surface area (Å²) >= 11 is 0. The van der Waals surface area contributed by atoms with E-state index in [2.05, 4.69) is 13.8 Å². The van der Waals surface area contributed by atoms with E-state index in [4.69, 9.17) is 18.9 Å². The van der Waals surface area contributed by atoms with Crippen molar-refractivity contribution in [3.05, 3.63) is 0 Å². The molecular weight excluding hydrogens is 1090 g/mol. The lowest BCUT2D eigenvalue weighted by atomic mass is 10.0. The van der Waals surface area contributed by atoms with Crippen molar-refractivity contribution >= 4 is 17.9 Å². The number of hydrogen-bond donors (Lipinski definition) is 0. The van der Waals surface area contributed by atoms with Crippen LogP contribution in [-0.4, -0.2) is 82.3 Å². The molecule has 0 aliphatic heterocycles. The van der Waals surface area contributed by atoms with E-state index >= 15 is 0 Å². The summed E-state index contributed by atoms with van der Waals surface area (Å²) in [6.07, 6.45) is 83.9. The summed E-state index contributed by atoms with van der Waals surface area (Å²) in [6.45, 7) is 4.85. The van der Waals surface area contributed by atoms with Crippen LogP contribution in [0.3, 0.4) is 0 Å². The number of rotatable bonds is 76. The number of quaternary nitrogens is 1. The lowest BCUT2D eigenvalue weighted by Crippen LogP contribution is -2.44. The molecule has 2 unspecified atom stereocenters. The van der Waals surface area contributed by atoms with Crippen molar-refractivity contribution < 1.29 is 42.9 Å². The number of ether oxygens (including phenoxy) is 4. The second-order valence-corrected chi connectivity index (χ2v) is 28.7. The van der Waals surface area contributed by atoms with E-state index in [9.17, 15) is 19.5 Å². The van der Waals surface area contributed by atoms with Crippen molar-refractivity contribution in [1.82, 2.24) is 0 Å². The Morgan fingerprint density at radius 3 is 0.727 bits per heavy atom. The lowest BCUT2D eigenvalue weighted by molar-refractivity contribution is -0.870. The third kappa shape index (κ3) is 71.7. The smallest absolute Gasteiger partial charge is 0.306 e. The third-order valence-corrected chi connectivity index (χ3v) is 18.6. The van der Waals surface area contributed by atoms with E-state index in [1.165, 1.54) is 366 Å². The van der Waals surface area contributed by atoms with Crippen LogP contribution in [0.5, 0.6) is 0 Å². The van der Waals surface area contributed by atoms with Gasteiger partial charge >= 0.3 is 11.9 Å². The van der Waals surface area contributed by atoms with E-state index in [1.807, 2.05) is 21.1 Å². The largest absolute Gasteiger partial charge is 0.545 e. The van der Waals surface area contributed by atoms with Crippen LogP contribution in [0.2, 0.25) is 0 Å². The molecule has 0 aromatic heterocycles. The minimum atomic E-state index is -1.62. The van der Waals surface area contributed by atoms with Gasteiger partial charge in [-0.05, 0) is 12.8 Å². The first-order valence-electron chi connectivity index (χ1n) is 39.7. The van der Waals surface area contributed by atoms with Crippen molar-refractivity contribution in [3.8, 4) is 0 Å². The quantitative estimate of drug-likeness (QED) is 0.0256. The minimum absolute atomic E-state index is 0.154. The molecule has 0 aromatic rings. The van der Waals surface area contributed by atoms with Gasteiger partial charge in [-0.1, -0.05) is 406 Å². The number of unbranched alkanes of at least 4 members (excludes halogenated alkanes) is 61. The Bertz CT molecular complexity index is 1400. The fourth-order valence-electron chi connectivity index (χ4n) is 12.5. The van der Waals surface area contributed by atoms with Gasteiger partial charge < -0.3 is 33.3 Å². The number of carbonyl (C=O) groups is 3. The molecule has 0 saturated carbocycles.